The number of urea groups is 1. The van der Waals surface area contributed by atoms with Crippen LogP contribution in [0, 0.1) is 11.3 Å². The molecule has 0 spiro atoms. The van der Waals surface area contributed by atoms with Crippen LogP contribution in [0.2, 0.25) is 0 Å². The summed E-state index contributed by atoms with van der Waals surface area (Å²) in [6, 6.07) is -1.31. The molecule has 110 valence electrons. The summed E-state index contributed by atoms with van der Waals surface area (Å²) in [6.45, 7) is 8.58. The topological polar surface area (TPSA) is 87.7 Å². The fourth-order valence-corrected chi connectivity index (χ4v) is 2.08. The Hall–Kier alpha value is -1.30. The minimum atomic E-state index is -1.03. The summed E-state index contributed by atoms with van der Waals surface area (Å²) >= 11 is 0. The van der Waals surface area contributed by atoms with E-state index in [1.54, 1.807) is 20.8 Å². The zero-order chi connectivity index (χ0) is 14.6. The third kappa shape index (κ3) is 4.70. The predicted molar refractivity (Wildman–Crippen MR) is 70.9 cm³/mol. The van der Waals surface area contributed by atoms with Crippen LogP contribution in [0.4, 0.5) is 4.79 Å². The first kappa shape index (κ1) is 15.8. The van der Waals surface area contributed by atoms with Crippen molar-refractivity contribution in [2.24, 2.45) is 11.3 Å². The van der Waals surface area contributed by atoms with Gasteiger partial charge in [0, 0.05) is 12.6 Å². The molecule has 1 heterocycles. The highest BCUT2D eigenvalue weighted by molar-refractivity contribution is 5.83. The summed E-state index contributed by atoms with van der Waals surface area (Å²) in [5, 5.41) is 14.5. The summed E-state index contributed by atoms with van der Waals surface area (Å²) in [5.74, 6) is -0.792. The molecule has 2 amide bonds. The molecule has 1 aliphatic rings. The second kappa shape index (κ2) is 6.23. The van der Waals surface area contributed by atoms with Crippen LogP contribution in [0.15, 0.2) is 0 Å². The number of carboxylic acids is 1. The van der Waals surface area contributed by atoms with Gasteiger partial charge < -0.3 is 20.5 Å². The number of hydrogen-bond donors (Lipinski definition) is 3. The van der Waals surface area contributed by atoms with Crippen molar-refractivity contribution in [3.8, 4) is 0 Å². The lowest BCUT2D eigenvalue weighted by Gasteiger charge is -2.32. The summed E-state index contributed by atoms with van der Waals surface area (Å²) in [5.41, 5.74) is -0.537. The van der Waals surface area contributed by atoms with E-state index in [9.17, 15) is 9.59 Å². The number of nitrogens with one attached hydrogen (secondary N) is 2. The van der Waals surface area contributed by atoms with Gasteiger partial charge in [-0.15, -0.1) is 0 Å². The second-order valence-corrected chi connectivity index (χ2v) is 6.20. The molecule has 0 radical (unpaired) electrons. The van der Waals surface area contributed by atoms with Gasteiger partial charge in [-0.05, 0) is 17.8 Å². The molecule has 0 aliphatic carbocycles. The number of hydrogen-bond acceptors (Lipinski definition) is 3. The first-order valence-corrected chi connectivity index (χ1v) is 6.59. The minimum Gasteiger partial charge on any atom is -0.480 e. The van der Waals surface area contributed by atoms with Gasteiger partial charge in [0.15, 0.2) is 0 Å². The molecule has 1 rings (SSSR count). The molecule has 0 saturated carbocycles. The van der Waals surface area contributed by atoms with E-state index in [1.807, 2.05) is 6.92 Å². The fraction of sp³-hybridized carbons (Fsp3) is 0.846. The van der Waals surface area contributed by atoms with E-state index < -0.39 is 23.5 Å². The van der Waals surface area contributed by atoms with Crippen LogP contribution < -0.4 is 10.6 Å². The molecule has 0 aromatic carbocycles. The van der Waals surface area contributed by atoms with Crippen molar-refractivity contribution in [2.45, 2.75) is 46.2 Å². The van der Waals surface area contributed by atoms with Crippen molar-refractivity contribution in [2.75, 3.05) is 13.2 Å². The van der Waals surface area contributed by atoms with Crippen molar-refractivity contribution >= 4 is 12.0 Å². The average Bonchev–Trinajstić information content (AvgIpc) is 2.27. The van der Waals surface area contributed by atoms with Gasteiger partial charge in [0.2, 0.25) is 0 Å². The Morgan fingerprint density at radius 1 is 1.37 bits per heavy atom. The highest BCUT2D eigenvalue weighted by Gasteiger charge is 2.33. The molecule has 0 bridgehead atoms. The van der Waals surface area contributed by atoms with Gasteiger partial charge in [-0.25, -0.2) is 9.59 Å². The molecule has 6 heteroatoms. The summed E-state index contributed by atoms with van der Waals surface area (Å²) < 4.78 is 5.30. The number of carbonyl (C=O) groups excluding carboxylic acids is 1. The highest BCUT2D eigenvalue weighted by atomic mass is 16.5. The molecule has 0 aromatic rings. The Morgan fingerprint density at radius 3 is 2.47 bits per heavy atom. The Morgan fingerprint density at radius 2 is 2.00 bits per heavy atom. The highest BCUT2D eigenvalue weighted by Crippen LogP contribution is 2.19. The average molecular weight is 272 g/mol. The van der Waals surface area contributed by atoms with Crippen LogP contribution in [0.25, 0.3) is 0 Å². The van der Waals surface area contributed by atoms with E-state index in [1.165, 1.54) is 0 Å². The van der Waals surface area contributed by atoms with Gasteiger partial charge in [-0.3, -0.25) is 0 Å². The van der Waals surface area contributed by atoms with Crippen molar-refractivity contribution in [3.05, 3.63) is 0 Å². The Balaban J connectivity index is 2.55. The number of carbonyl (C=O) groups is 2. The quantitative estimate of drug-likeness (QED) is 0.720. The maximum absolute atomic E-state index is 11.9. The van der Waals surface area contributed by atoms with Gasteiger partial charge in [0.25, 0.3) is 0 Å². The molecule has 1 fully saturated rings. The Labute approximate surface area is 113 Å². The molecule has 0 aromatic heterocycles. The number of carboxylic acid groups (broad SMARTS) is 1. The standard InChI is InChI=1S/C13H24N2O4/c1-8-7-19-6-5-9(8)14-12(18)15-10(11(16)17)13(2,3)4/h8-10H,5-7H2,1-4H3,(H,16,17)(H2,14,15,18). The third-order valence-electron chi connectivity index (χ3n) is 3.35. The fourth-order valence-electron chi connectivity index (χ4n) is 2.08. The molecule has 1 saturated heterocycles. The molecule has 3 atom stereocenters. The Bertz CT molecular complexity index is 338. The van der Waals surface area contributed by atoms with Crippen LogP contribution in [0.1, 0.15) is 34.1 Å². The molecular weight excluding hydrogens is 248 g/mol. The number of ether oxygens (including phenoxy) is 1. The second-order valence-electron chi connectivity index (χ2n) is 6.20. The minimum absolute atomic E-state index is 0.0307. The van der Waals surface area contributed by atoms with Crippen molar-refractivity contribution in [1.82, 2.24) is 10.6 Å². The zero-order valence-electron chi connectivity index (χ0n) is 12.0. The van der Waals surface area contributed by atoms with Crippen LogP contribution in [-0.2, 0) is 9.53 Å². The van der Waals surface area contributed by atoms with Crippen molar-refractivity contribution in [3.63, 3.8) is 0 Å². The summed E-state index contributed by atoms with van der Waals surface area (Å²) in [4.78, 5) is 23.1. The van der Waals surface area contributed by atoms with E-state index in [0.29, 0.717) is 13.2 Å². The molecule has 3 N–H and O–H groups in total. The van der Waals surface area contributed by atoms with Crippen LogP contribution in [-0.4, -0.2) is 42.4 Å². The van der Waals surface area contributed by atoms with E-state index in [0.717, 1.165) is 6.42 Å². The van der Waals surface area contributed by atoms with Gasteiger partial charge in [-0.2, -0.15) is 0 Å². The lowest BCUT2D eigenvalue weighted by molar-refractivity contribution is -0.141. The predicted octanol–water partition coefficient (Wildman–Crippen LogP) is 1.21. The third-order valence-corrected chi connectivity index (χ3v) is 3.35. The maximum atomic E-state index is 11.9. The van der Waals surface area contributed by atoms with E-state index in [2.05, 4.69) is 10.6 Å². The molecule has 1 aliphatic heterocycles. The summed E-state index contributed by atoms with van der Waals surface area (Å²) in [6.07, 6.45) is 0.752. The van der Waals surface area contributed by atoms with E-state index >= 15 is 0 Å². The molecule has 6 nitrogen and oxygen atoms in total. The van der Waals surface area contributed by atoms with Gasteiger partial charge in [0.1, 0.15) is 6.04 Å². The number of aliphatic carboxylic acids is 1. The van der Waals surface area contributed by atoms with Gasteiger partial charge in [-0.1, -0.05) is 27.7 Å². The van der Waals surface area contributed by atoms with Crippen molar-refractivity contribution in [1.29, 1.82) is 0 Å². The normalized spacial score (nSPS) is 25.5. The Kier molecular flexibility index (Phi) is 5.17. The number of amides is 2. The molecule has 3 unspecified atom stereocenters. The maximum Gasteiger partial charge on any atom is 0.326 e. The first-order valence-electron chi connectivity index (χ1n) is 6.59. The zero-order valence-corrected chi connectivity index (χ0v) is 12.0. The SMILES string of the molecule is CC1COCCC1NC(=O)NC(C(=O)O)C(C)(C)C. The van der Waals surface area contributed by atoms with E-state index in [-0.39, 0.29) is 12.0 Å². The first-order chi connectivity index (χ1) is 8.71. The van der Waals surface area contributed by atoms with E-state index in [4.69, 9.17) is 9.84 Å². The van der Waals surface area contributed by atoms with Gasteiger partial charge >= 0.3 is 12.0 Å². The van der Waals surface area contributed by atoms with Crippen molar-refractivity contribution < 1.29 is 19.4 Å². The summed E-state index contributed by atoms with van der Waals surface area (Å²) in [7, 11) is 0. The monoisotopic (exact) mass is 272 g/mol. The lowest BCUT2D eigenvalue weighted by Crippen LogP contribution is -2.55. The largest absolute Gasteiger partial charge is 0.480 e. The molecular formula is C13H24N2O4. The smallest absolute Gasteiger partial charge is 0.326 e. The van der Waals surface area contributed by atoms with Crippen LogP contribution in [0.5, 0.6) is 0 Å². The van der Waals surface area contributed by atoms with Crippen LogP contribution in [0.3, 0.4) is 0 Å². The van der Waals surface area contributed by atoms with Gasteiger partial charge in [0.05, 0.1) is 6.61 Å². The molecule has 19 heavy (non-hydrogen) atoms. The lowest BCUT2D eigenvalue weighted by atomic mass is 9.87. The number of rotatable bonds is 3. The van der Waals surface area contributed by atoms with Crippen LogP contribution >= 0.6 is 0 Å².